The molecule has 2 aromatic rings. The molecule has 0 atom stereocenters. The molecule has 1 aromatic heterocycles. The van der Waals surface area contributed by atoms with Gasteiger partial charge in [0.2, 0.25) is 0 Å². The molecule has 2 heteroatoms. The van der Waals surface area contributed by atoms with Crippen LogP contribution >= 0.6 is 22.6 Å². The van der Waals surface area contributed by atoms with Gasteiger partial charge in [-0.25, -0.2) is 0 Å². The number of hydrogen-bond donors (Lipinski definition) is 0. The number of rotatable bonds is 4. The molecule has 0 bridgehead atoms. The van der Waals surface area contributed by atoms with Crippen LogP contribution in [-0.4, -0.2) is 0 Å². The number of halogens is 1. The number of hydrogen-bond acceptors (Lipinski definition) is 1. The van der Waals surface area contributed by atoms with Crippen LogP contribution in [0.4, 0.5) is 0 Å². The first-order valence-corrected chi connectivity index (χ1v) is 6.72. The lowest BCUT2D eigenvalue weighted by molar-refractivity contribution is 0.512. The fourth-order valence-electron chi connectivity index (χ4n) is 1.63. The molecular formula is C14H15IO. The molecule has 0 saturated carbocycles. The van der Waals surface area contributed by atoms with Crippen molar-refractivity contribution >= 4 is 22.6 Å². The van der Waals surface area contributed by atoms with Gasteiger partial charge >= 0.3 is 0 Å². The summed E-state index contributed by atoms with van der Waals surface area (Å²) in [5.74, 6) is 2.07. The van der Waals surface area contributed by atoms with Crippen molar-refractivity contribution in [1.29, 1.82) is 0 Å². The average Bonchev–Trinajstić information content (AvgIpc) is 2.76. The van der Waals surface area contributed by atoms with Gasteiger partial charge in [0, 0.05) is 15.6 Å². The lowest BCUT2D eigenvalue weighted by atomic mass is 10.2. The third-order valence-electron chi connectivity index (χ3n) is 2.57. The summed E-state index contributed by atoms with van der Waals surface area (Å²) < 4.78 is 7.06. The van der Waals surface area contributed by atoms with Crippen molar-refractivity contribution in [3.63, 3.8) is 0 Å². The van der Waals surface area contributed by atoms with Crippen LogP contribution in [0.2, 0.25) is 0 Å². The molecule has 0 unspecified atom stereocenters. The van der Waals surface area contributed by atoms with Crippen molar-refractivity contribution in [2.24, 2.45) is 0 Å². The molecular weight excluding hydrogens is 311 g/mol. The molecule has 0 amide bonds. The van der Waals surface area contributed by atoms with E-state index in [1.54, 1.807) is 0 Å². The fourth-order valence-corrected chi connectivity index (χ4v) is 1.99. The predicted molar refractivity (Wildman–Crippen MR) is 75.5 cm³/mol. The second kappa shape index (κ2) is 5.53. The minimum atomic E-state index is 0.975. The number of benzene rings is 1. The fraction of sp³-hybridized carbons (Fsp3) is 0.286. The molecule has 1 nitrogen and oxygen atoms in total. The van der Waals surface area contributed by atoms with E-state index in [0.717, 1.165) is 23.5 Å². The zero-order valence-electron chi connectivity index (χ0n) is 9.37. The Hall–Kier alpha value is -0.770. The highest BCUT2D eigenvalue weighted by Crippen LogP contribution is 2.23. The topological polar surface area (TPSA) is 13.1 Å². The van der Waals surface area contributed by atoms with Gasteiger partial charge in [-0.05, 0) is 53.3 Å². The van der Waals surface area contributed by atoms with Crippen molar-refractivity contribution in [2.45, 2.75) is 26.2 Å². The summed E-state index contributed by atoms with van der Waals surface area (Å²) in [4.78, 5) is 0. The summed E-state index contributed by atoms with van der Waals surface area (Å²) in [5.41, 5.74) is 1.16. The van der Waals surface area contributed by atoms with Crippen LogP contribution < -0.4 is 0 Å². The SMILES string of the molecule is CCCCc1ccc(-c2ccc(I)cc2)o1. The lowest BCUT2D eigenvalue weighted by Gasteiger charge is -1.97. The van der Waals surface area contributed by atoms with Crippen LogP contribution in [0.3, 0.4) is 0 Å². The summed E-state index contributed by atoms with van der Waals surface area (Å²) >= 11 is 2.31. The molecule has 0 aliphatic heterocycles. The number of unbranched alkanes of at least 4 members (excludes halogenated alkanes) is 1. The van der Waals surface area contributed by atoms with Gasteiger partial charge in [0.05, 0.1) is 0 Å². The summed E-state index contributed by atoms with van der Waals surface area (Å²) in [5, 5.41) is 0. The highest BCUT2D eigenvalue weighted by Gasteiger charge is 2.03. The Balaban J connectivity index is 2.15. The molecule has 0 spiro atoms. The maximum atomic E-state index is 5.81. The first kappa shape index (κ1) is 11.7. The van der Waals surface area contributed by atoms with Gasteiger partial charge in [0.25, 0.3) is 0 Å². The van der Waals surface area contributed by atoms with Gasteiger partial charge in [-0.15, -0.1) is 0 Å². The van der Waals surface area contributed by atoms with Crippen molar-refractivity contribution in [2.75, 3.05) is 0 Å². The normalized spacial score (nSPS) is 10.6. The Kier molecular flexibility index (Phi) is 4.04. The van der Waals surface area contributed by atoms with E-state index in [-0.39, 0.29) is 0 Å². The van der Waals surface area contributed by atoms with E-state index < -0.39 is 0 Å². The molecule has 1 heterocycles. The molecule has 84 valence electrons. The summed E-state index contributed by atoms with van der Waals surface area (Å²) in [6.45, 7) is 2.20. The van der Waals surface area contributed by atoms with Crippen LogP contribution in [-0.2, 0) is 6.42 Å². The van der Waals surface area contributed by atoms with Gasteiger partial charge < -0.3 is 4.42 Å². The third-order valence-corrected chi connectivity index (χ3v) is 3.29. The Labute approximate surface area is 110 Å². The standard InChI is InChI=1S/C14H15IO/c1-2-3-4-13-9-10-14(16-13)11-5-7-12(15)8-6-11/h5-10H,2-4H2,1H3. The van der Waals surface area contributed by atoms with Gasteiger partial charge in [-0.2, -0.15) is 0 Å². The van der Waals surface area contributed by atoms with E-state index in [1.165, 1.54) is 16.4 Å². The maximum absolute atomic E-state index is 5.81. The second-order valence-electron chi connectivity index (χ2n) is 3.88. The molecule has 16 heavy (non-hydrogen) atoms. The minimum absolute atomic E-state index is 0.975. The van der Waals surface area contributed by atoms with Crippen LogP contribution in [0, 0.1) is 3.57 Å². The van der Waals surface area contributed by atoms with Crippen LogP contribution in [0.1, 0.15) is 25.5 Å². The van der Waals surface area contributed by atoms with Gasteiger partial charge in [0.15, 0.2) is 0 Å². The van der Waals surface area contributed by atoms with Gasteiger partial charge in [-0.1, -0.05) is 25.5 Å². The summed E-state index contributed by atoms with van der Waals surface area (Å²) in [6, 6.07) is 12.6. The van der Waals surface area contributed by atoms with E-state index in [1.807, 2.05) is 0 Å². The zero-order valence-corrected chi connectivity index (χ0v) is 11.5. The van der Waals surface area contributed by atoms with Crippen LogP contribution in [0.5, 0.6) is 0 Å². The van der Waals surface area contributed by atoms with Crippen LogP contribution in [0.25, 0.3) is 11.3 Å². The zero-order chi connectivity index (χ0) is 11.4. The quantitative estimate of drug-likeness (QED) is 0.729. The first-order valence-electron chi connectivity index (χ1n) is 5.64. The van der Waals surface area contributed by atoms with E-state index in [2.05, 4.69) is 65.9 Å². The highest BCUT2D eigenvalue weighted by molar-refractivity contribution is 14.1. The molecule has 2 rings (SSSR count). The van der Waals surface area contributed by atoms with E-state index >= 15 is 0 Å². The predicted octanol–water partition coefficient (Wildman–Crippen LogP) is 4.89. The van der Waals surface area contributed by atoms with Crippen molar-refractivity contribution < 1.29 is 4.42 Å². The molecule has 0 aliphatic carbocycles. The maximum Gasteiger partial charge on any atom is 0.134 e. The Morgan fingerprint density at radius 3 is 2.50 bits per heavy atom. The molecule has 0 aliphatic rings. The molecule has 0 N–H and O–H groups in total. The smallest absolute Gasteiger partial charge is 0.134 e. The van der Waals surface area contributed by atoms with Gasteiger partial charge in [0.1, 0.15) is 11.5 Å². The second-order valence-corrected chi connectivity index (χ2v) is 5.12. The summed E-state index contributed by atoms with van der Waals surface area (Å²) in [7, 11) is 0. The van der Waals surface area contributed by atoms with Crippen molar-refractivity contribution in [3.8, 4) is 11.3 Å². The highest BCUT2D eigenvalue weighted by atomic mass is 127. The largest absolute Gasteiger partial charge is 0.461 e. The Bertz CT molecular complexity index is 442. The van der Waals surface area contributed by atoms with Crippen LogP contribution in [0.15, 0.2) is 40.8 Å². The Morgan fingerprint density at radius 2 is 1.81 bits per heavy atom. The molecule has 0 radical (unpaired) electrons. The molecule has 0 saturated heterocycles. The van der Waals surface area contributed by atoms with Gasteiger partial charge in [-0.3, -0.25) is 0 Å². The summed E-state index contributed by atoms with van der Waals surface area (Å²) in [6.07, 6.45) is 3.44. The average molecular weight is 326 g/mol. The van der Waals surface area contributed by atoms with Crippen molar-refractivity contribution in [3.05, 3.63) is 45.7 Å². The first-order chi connectivity index (χ1) is 7.79. The van der Waals surface area contributed by atoms with E-state index in [9.17, 15) is 0 Å². The third kappa shape index (κ3) is 2.88. The number of aryl methyl sites for hydroxylation is 1. The van der Waals surface area contributed by atoms with Crippen molar-refractivity contribution in [1.82, 2.24) is 0 Å². The monoisotopic (exact) mass is 326 g/mol. The number of furan rings is 1. The molecule has 0 fully saturated rings. The Morgan fingerprint density at radius 1 is 1.06 bits per heavy atom. The molecule has 1 aromatic carbocycles. The van der Waals surface area contributed by atoms with E-state index in [4.69, 9.17) is 4.42 Å². The van der Waals surface area contributed by atoms with E-state index in [0.29, 0.717) is 0 Å². The minimum Gasteiger partial charge on any atom is -0.461 e. The lowest BCUT2D eigenvalue weighted by Crippen LogP contribution is -1.79.